The zero-order chi connectivity index (χ0) is 18.4. The highest BCUT2D eigenvalue weighted by Gasteiger charge is 2.40. The van der Waals surface area contributed by atoms with Gasteiger partial charge in [0.25, 0.3) is 0 Å². The van der Waals surface area contributed by atoms with Crippen LogP contribution in [0.5, 0.6) is 0 Å². The summed E-state index contributed by atoms with van der Waals surface area (Å²) in [6.45, 7) is 2.90. The minimum absolute atomic E-state index is 0.103. The molecule has 27 heavy (non-hydrogen) atoms. The van der Waals surface area contributed by atoms with Crippen LogP contribution in [-0.2, 0) is 11.8 Å². The van der Waals surface area contributed by atoms with Crippen LogP contribution in [0.15, 0.2) is 18.5 Å². The lowest BCUT2D eigenvalue weighted by molar-refractivity contribution is -0.133. The first-order valence-corrected chi connectivity index (χ1v) is 10.1. The van der Waals surface area contributed by atoms with E-state index in [4.69, 9.17) is 4.98 Å². The molecule has 0 radical (unpaired) electrons. The molecule has 1 amide bonds. The molecule has 142 valence electrons. The summed E-state index contributed by atoms with van der Waals surface area (Å²) in [6.07, 6.45) is 10.3. The fourth-order valence-corrected chi connectivity index (χ4v) is 4.49. The van der Waals surface area contributed by atoms with Crippen molar-refractivity contribution in [3.63, 3.8) is 0 Å². The molecule has 5 rings (SSSR count). The molecule has 4 heterocycles. The van der Waals surface area contributed by atoms with Gasteiger partial charge < -0.3 is 9.80 Å². The molecule has 3 aliphatic rings. The van der Waals surface area contributed by atoms with Crippen molar-refractivity contribution < 1.29 is 4.79 Å². The Morgan fingerprint density at radius 3 is 2.70 bits per heavy atom. The zero-order valence-electron chi connectivity index (χ0n) is 15.8. The van der Waals surface area contributed by atoms with Crippen LogP contribution in [0, 0.1) is 5.92 Å². The third-order valence-corrected chi connectivity index (χ3v) is 6.07. The number of hydrogen-bond acceptors (Lipinski definition) is 5. The number of rotatable bonds is 4. The molecule has 1 atom stereocenters. The van der Waals surface area contributed by atoms with Crippen molar-refractivity contribution in [3.05, 3.63) is 24.2 Å². The Balaban J connectivity index is 1.50. The number of nitrogens with zero attached hydrogens (tertiary/aromatic N) is 6. The van der Waals surface area contributed by atoms with E-state index >= 15 is 0 Å². The highest BCUT2D eigenvalue weighted by atomic mass is 16.2. The van der Waals surface area contributed by atoms with E-state index in [0.29, 0.717) is 5.91 Å². The molecule has 0 spiro atoms. The van der Waals surface area contributed by atoms with E-state index in [0.717, 1.165) is 68.2 Å². The van der Waals surface area contributed by atoms with Gasteiger partial charge in [0.05, 0.1) is 23.6 Å². The van der Waals surface area contributed by atoms with Gasteiger partial charge in [0.1, 0.15) is 0 Å². The molecule has 0 unspecified atom stereocenters. The second-order valence-electron chi connectivity index (χ2n) is 7.97. The van der Waals surface area contributed by atoms with Crippen LogP contribution in [0.4, 0.5) is 5.95 Å². The lowest BCUT2D eigenvalue weighted by Crippen LogP contribution is -2.32. The first kappa shape index (κ1) is 16.7. The van der Waals surface area contributed by atoms with Gasteiger partial charge in [0, 0.05) is 44.4 Å². The summed E-state index contributed by atoms with van der Waals surface area (Å²) in [5.41, 5.74) is 3.04. The number of aromatic nitrogens is 4. The van der Waals surface area contributed by atoms with Crippen molar-refractivity contribution in [1.29, 1.82) is 0 Å². The topological polar surface area (TPSA) is 67.2 Å². The number of carbonyl (C=O) groups excluding carboxylic acids is 1. The maximum absolute atomic E-state index is 12.8. The van der Waals surface area contributed by atoms with Gasteiger partial charge in [-0.1, -0.05) is 0 Å². The smallest absolute Gasteiger partial charge is 0.226 e. The lowest BCUT2D eigenvalue weighted by atomic mass is 10.0. The Labute approximate surface area is 159 Å². The molecule has 1 aliphatic carbocycles. The highest BCUT2D eigenvalue weighted by Crippen LogP contribution is 2.41. The quantitative estimate of drug-likeness (QED) is 0.832. The van der Waals surface area contributed by atoms with E-state index in [1.165, 1.54) is 12.8 Å². The van der Waals surface area contributed by atoms with Gasteiger partial charge in [-0.2, -0.15) is 5.10 Å². The highest BCUT2D eigenvalue weighted by molar-refractivity contribution is 5.82. The van der Waals surface area contributed by atoms with Gasteiger partial charge in [-0.3, -0.25) is 9.48 Å². The van der Waals surface area contributed by atoms with Gasteiger partial charge >= 0.3 is 0 Å². The molecular formula is C20H26N6O. The summed E-state index contributed by atoms with van der Waals surface area (Å²) in [5.74, 6) is 1.38. The van der Waals surface area contributed by atoms with Crippen LogP contribution in [0.2, 0.25) is 0 Å². The summed E-state index contributed by atoms with van der Waals surface area (Å²) >= 11 is 0. The SMILES string of the molecule is Cn1ncc(-c2ccnc(N3CCCC3)n2)c1[C@H]1CCCN1C(=O)C1CC1. The third-order valence-electron chi connectivity index (χ3n) is 6.07. The number of amides is 1. The van der Waals surface area contributed by atoms with Crippen molar-refractivity contribution in [2.75, 3.05) is 24.5 Å². The second kappa shape index (κ2) is 6.62. The van der Waals surface area contributed by atoms with Crippen LogP contribution in [0.25, 0.3) is 11.3 Å². The molecule has 7 nitrogen and oxygen atoms in total. The molecule has 2 aromatic rings. The lowest BCUT2D eigenvalue weighted by Gasteiger charge is -2.26. The van der Waals surface area contributed by atoms with E-state index in [1.54, 1.807) is 0 Å². The fourth-order valence-electron chi connectivity index (χ4n) is 4.49. The molecule has 3 fully saturated rings. The number of hydrogen-bond donors (Lipinski definition) is 0. The van der Waals surface area contributed by atoms with Crippen molar-refractivity contribution in [2.24, 2.45) is 13.0 Å². The summed E-state index contributed by atoms with van der Waals surface area (Å²) < 4.78 is 1.93. The van der Waals surface area contributed by atoms with Crippen LogP contribution in [-0.4, -0.2) is 50.2 Å². The Kier molecular flexibility index (Phi) is 4.10. The van der Waals surface area contributed by atoms with Crippen LogP contribution in [0.3, 0.4) is 0 Å². The van der Waals surface area contributed by atoms with E-state index in [9.17, 15) is 4.79 Å². The normalized spacial score (nSPS) is 22.6. The fraction of sp³-hybridized carbons (Fsp3) is 0.600. The van der Waals surface area contributed by atoms with E-state index in [-0.39, 0.29) is 12.0 Å². The average molecular weight is 366 g/mol. The van der Waals surface area contributed by atoms with Crippen molar-refractivity contribution in [1.82, 2.24) is 24.6 Å². The molecular weight excluding hydrogens is 340 g/mol. The summed E-state index contributed by atoms with van der Waals surface area (Å²) in [4.78, 5) is 26.4. The van der Waals surface area contributed by atoms with Gasteiger partial charge in [-0.15, -0.1) is 0 Å². The summed E-state index contributed by atoms with van der Waals surface area (Å²) in [6, 6.07) is 2.06. The van der Waals surface area contributed by atoms with Gasteiger partial charge in [0.15, 0.2) is 0 Å². The van der Waals surface area contributed by atoms with Gasteiger partial charge in [-0.25, -0.2) is 9.97 Å². The molecule has 2 aromatic heterocycles. The molecule has 7 heteroatoms. The number of aryl methyl sites for hydroxylation is 1. The van der Waals surface area contributed by atoms with Gasteiger partial charge in [0.2, 0.25) is 11.9 Å². The van der Waals surface area contributed by atoms with Crippen molar-refractivity contribution in [3.8, 4) is 11.3 Å². The second-order valence-corrected chi connectivity index (χ2v) is 7.97. The average Bonchev–Trinajstić information content (AvgIpc) is 3.09. The Hall–Kier alpha value is -2.44. The van der Waals surface area contributed by atoms with Crippen LogP contribution in [0.1, 0.15) is 50.3 Å². The van der Waals surface area contributed by atoms with Crippen LogP contribution < -0.4 is 4.90 Å². The third kappa shape index (κ3) is 2.99. The molecule has 1 saturated carbocycles. The Morgan fingerprint density at radius 2 is 1.93 bits per heavy atom. The first-order chi connectivity index (χ1) is 13.2. The van der Waals surface area contributed by atoms with E-state index in [2.05, 4.69) is 19.9 Å². The summed E-state index contributed by atoms with van der Waals surface area (Å²) in [7, 11) is 1.97. The maximum Gasteiger partial charge on any atom is 0.226 e. The number of carbonyl (C=O) groups is 1. The largest absolute Gasteiger partial charge is 0.341 e. The zero-order valence-corrected chi connectivity index (χ0v) is 15.8. The number of likely N-dealkylation sites (tertiary alicyclic amines) is 1. The van der Waals surface area contributed by atoms with Crippen molar-refractivity contribution >= 4 is 11.9 Å². The summed E-state index contributed by atoms with van der Waals surface area (Å²) in [5, 5.41) is 4.52. The molecule has 2 saturated heterocycles. The van der Waals surface area contributed by atoms with E-state index < -0.39 is 0 Å². The molecule has 0 bridgehead atoms. The molecule has 2 aliphatic heterocycles. The minimum Gasteiger partial charge on any atom is -0.341 e. The monoisotopic (exact) mass is 366 g/mol. The Morgan fingerprint density at radius 1 is 1.11 bits per heavy atom. The van der Waals surface area contributed by atoms with Gasteiger partial charge in [-0.05, 0) is 44.6 Å². The number of anilines is 1. The predicted octanol–water partition coefficient (Wildman–Crippen LogP) is 2.55. The minimum atomic E-state index is 0.103. The predicted molar refractivity (Wildman–Crippen MR) is 102 cm³/mol. The van der Waals surface area contributed by atoms with Crippen molar-refractivity contribution in [2.45, 2.75) is 44.6 Å². The first-order valence-electron chi connectivity index (χ1n) is 10.1. The molecule has 0 N–H and O–H groups in total. The molecule has 0 aromatic carbocycles. The Bertz CT molecular complexity index is 852. The van der Waals surface area contributed by atoms with Crippen LogP contribution >= 0.6 is 0 Å². The standard InChI is InChI=1S/C20H26N6O/c1-24-18(17-5-4-12-26(17)19(27)14-6-7-14)15(13-22-24)16-8-9-21-20(23-16)25-10-2-3-11-25/h8-9,13-14,17H,2-7,10-12H2,1H3/t17-/m1/s1. The van der Waals surface area contributed by atoms with E-state index in [1.807, 2.05) is 30.2 Å². The maximum atomic E-state index is 12.8.